The minimum Gasteiger partial charge on any atom is -0.453 e. The van der Waals surface area contributed by atoms with Crippen molar-refractivity contribution in [2.75, 3.05) is 27.3 Å². The second-order valence-electron chi connectivity index (χ2n) is 15.3. The largest absolute Gasteiger partial charge is 0.453 e. The van der Waals surface area contributed by atoms with Gasteiger partial charge in [-0.25, -0.2) is 19.6 Å². The van der Waals surface area contributed by atoms with E-state index in [4.69, 9.17) is 4.74 Å². The number of benzene rings is 2. The van der Waals surface area contributed by atoms with Gasteiger partial charge in [-0.3, -0.25) is 9.59 Å². The second-order valence-corrected chi connectivity index (χ2v) is 15.3. The van der Waals surface area contributed by atoms with Gasteiger partial charge in [-0.1, -0.05) is 76.2 Å². The fourth-order valence-corrected chi connectivity index (χ4v) is 7.67. The molecule has 14 nitrogen and oxygen atoms in total. The zero-order valence-corrected chi connectivity index (χ0v) is 33.3. The Kier molecular flexibility index (Phi) is 12.5. The average molecular weight is 807 g/mol. The quantitative estimate of drug-likeness (QED) is 0.123. The number of alkyl carbamates (subject to hydrolysis) is 2. The van der Waals surface area contributed by atoms with Crippen molar-refractivity contribution in [3.05, 3.63) is 72.1 Å². The summed E-state index contributed by atoms with van der Waals surface area (Å²) in [5, 5.41) is 5.20. The third kappa shape index (κ3) is 8.82. The molecule has 2 fully saturated rings. The van der Waals surface area contributed by atoms with E-state index >= 15 is 0 Å². The zero-order valence-electron chi connectivity index (χ0n) is 33.3. The molecule has 1 unspecified atom stereocenters. The number of halogens is 3. The van der Waals surface area contributed by atoms with E-state index in [0.717, 1.165) is 28.8 Å². The molecular formula is C41H49F3N8O6. The molecule has 58 heavy (non-hydrogen) atoms. The van der Waals surface area contributed by atoms with Gasteiger partial charge in [0.25, 0.3) is 0 Å². The highest BCUT2D eigenvalue weighted by Gasteiger charge is 2.42. The molecule has 0 saturated carbocycles. The van der Waals surface area contributed by atoms with Crippen molar-refractivity contribution >= 4 is 24.0 Å². The Morgan fingerprint density at radius 2 is 1.16 bits per heavy atom. The normalized spacial score (nSPS) is 18.1. The van der Waals surface area contributed by atoms with Gasteiger partial charge in [0.1, 0.15) is 23.7 Å². The molecule has 0 radical (unpaired) electrons. The van der Waals surface area contributed by atoms with Crippen molar-refractivity contribution in [1.29, 1.82) is 0 Å². The summed E-state index contributed by atoms with van der Waals surface area (Å²) in [4.78, 5) is 69.1. The van der Waals surface area contributed by atoms with E-state index < -0.39 is 48.1 Å². The van der Waals surface area contributed by atoms with Gasteiger partial charge in [0.05, 0.1) is 43.9 Å². The number of carbonyl (C=O) groups excluding carboxylic acids is 4. The minimum atomic E-state index is -4.77. The van der Waals surface area contributed by atoms with E-state index in [2.05, 4.69) is 35.3 Å². The fraction of sp³-hybridized carbons (Fsp3) is 0.463. The summed E-state index contributed by atoms with van der Waals surface area (Å²) in [6.07, 6.45) is -2.02. The van der Waals surface area contributed by atoms with Crippen molar-refractivity contribution in [3.8, 4) is 33.6 Å². The van der Waals surface area contributed by atoms with E-state index in [9.17, 15) is 32.3 Å². The summed E-state index contributed by atoms with van der Waals surface area (Å²) in [7, 11) is 2.45. The molecular weight excluding hydrogens is 757 g/mol. The Hall–Kier alpha value is -5.87. The number of alkyl halides is 3. The van der Waals surface area contributed by atoms with Crippen LogP contribution < -0.4 is 10.6 Å². The van der Waals surface area contributed by atoms with Crippen molar-refractivity contribution in [2.45, 2.75) is 83.7 Å². The Bertz CT molecular complexity index is 2100. The molecule has 17 heteroatoms. The standard InChI is InChI=1S/C41H49F3N8O6/c1-22(2)31(48-39(55)57-5)37(53)51-19-7-9-29(51)35-45-21-28(46-35)26-15-11-24(12-16-26)25-13-17-27(18-14-25)33-34(41(42,43)44)50-36(47-33)30-10-8-20-52(30)38(54)32(23(3)4)49-40(56)58-6/h11-18,21-23,29-32H,7-10,19-20H2,1-6H3,(H,45,46)(H,47,50)(H,48,55)(H,49,56)/t29-,30-,31-,32?/m0/s1. The molecule has 4 heterocycles. The molecule has 0 bridgehead atoms. The van der Waals surface area contributed by atoms with Gasteiger partial charge in [-0.05, 0) is 54.2 Å². The Morgan fingerprint density at radius 3 is 1.60 bits per heavy atom. The predicted octanol–water partition coefficient (Wildman–Crippen LogP) is 7.24. The van der Waals surface area contributed by atoms with Gasteiger partial charge < -0.3 is 39.9 Å². The Labute approximate surface area is 334 Å². The van der Waals surface area contributed by atoms with Crippen LogP contribution in [0, 0.1) is 11.8 Å². The number of H-pyrrole nitrogens is 2. The van der Waals surface area contributed by atoms with Crippen molar-refractivity contribution in [2.24, 2.45) is 11.8 Å². The number of hydrogen-bond acceptors (Lipinski definition) is 8. The van der Waals surface area contributed by atoms with Crippen LogP contribution in [0.4, 0.5) is 22.8 Å². The molecule has 4 aromatic rings. The highest BCUT2D eigenvalue weighted by molar-refractivity contribution is 5.87. The van der Waals surface area contributed by atoms with Crippen LogP contribution >= 0.6 is 0 Å². The lowest BCUT2D eigenvalue weighted by molar-refractivity contribution is -0.140. The van der Waals surface area contributed by atoms with Gasteiger partial charge in [0.15, 0.2) is 5.69 Å². The van der Waals surface area contributed by atoms with Crippen LogP contribution in [0.2, 0.25) is 0 Å². The first-order chi connectivity index (χ1) is 27.6. The molecule has 2 aromatic carbocycles. The van der Waals surface area contributed by atoms with E-state index in [1.165, 1.54) is 19.1 Å². The van der Waals surface area contributed by atoms with Gasteiger partial charge in [0, 0.05) is 18.7 Å². The van der Waals surface area contributed by atoms with E-state index in [1.54, 1.807) is 49.2 Å². The number of carbonyl (C=O) groups is 4. The molecule has 0 aliphatic carbocycles. The van der Waals surface area contributed by atoms with E-state index in [0.29, 0.717) is 38.2 Å². The number of methoxy groups -OCH3 is 2. The second kappa shape index (κ2) is 17.3. The van der Waals surface area contributed by atoms with Gasteiger partial charge >= 0.3 is 18.4 Å². The number of likely N-dealkylation sites (tertiary alicyclic amines) is 2. The fourth-order valence-electron chi connectivity index (χ4n) is 7.67. The van der Waals surface area contributed by atoms with Crippen molar-refractivity contribution in [1.82, 2.24) is 40.4 Å². The lowest BCUT2D eigenvalue weighted by atomic mass is 10.0. The molecule has 6 rings (SSSR count). The molecule has 4 amide bonds. The summed E-state index contributed by atoms with van der Waals surface area (Å²) in [6, 6.07) is 11.6. The number of hydrogen-bond donors (Lipinski definition) is 4. The smallest absolute Gasteiger partial charge is 0.435 e. The molecule has 2 aromatic heterocycles. The van der Waals surface area contributed by atoms with Crippen LogP contribution in [0.15, 0.2) is 54.7 Å². The summed E-state index contributed by atoms with van der Waals surface area (Å²) >= 11 is 0. The lowest BCUT2D eigenvalue weighted by Crippen LogP contribution is -2.51. The highest BCUT2D eigenvalue weighted by atomic mass is 19.4. The first-order valence-corrected chi connectivity index (χ1v) is 19.3. The average Bonchev–Trinajstić information content (AvgIpc) is 4.04. The van der Waals surface area contributed by atoms with Crippen LogP contribution in [0.1, 0.15) is 82.8 Å². The maximum absolute atomic E-state index is 14.4. The summed E-state index contributed by atoms with van der Waals surface area (Å²) in [5.74, 6) is -0.399. The van der Waals surface area contributed by atoms with Crippen LogP contribution in [0.25, 0.3) is 33.6 Å². The maximum atomic E-state index is 14.4. The molecule has 2 aliphatic rings. The minimum absolute atomic E-state index is 0.0259. The third-order valence-corrected chi connectivity index (χ3v) is 10.8. The number of nitrogens with one attached hydrogen (secondary N) is 4. The highest BCUT2D eigenvalue weighted by Crippen LogP contribution is 2.40. The number of aromatic nitrogens is 4. The van der Waals surface area contributed by atoms with Crippen LogP contribution in [0.3, 0.4) is 0 Å². The Balaban J connectivity index is 1.18. The van der Waals surface area contributed by atoms with Crippen LogP contribution in [-0.2, 0) is 25.2 Å². The molecule has 2 saturated heterocycles. The number of rotatable bonds is 11. The van der Waals surface area contributed by atoms with Gasteiger partial charge in [-0.15, -0.1) is 0 Å². The predicted molar refractivity (Wildman–Crippen MR) is 208 cm³/mol. The molecule has 4 N–H and O–H groups in total. The monoisotopic (exact) mass is 806 g/mol. The van der Waals surface area contributed by atoms with E-state index in [-0.39, 0.29) is 40.9 Å². The number of aromatic amines is 2. The number of imidazole rings is 2. The first-order valence-electron chi connectivity index (χ1n) is 19.3. The third-order valence-electron chi connectivity index (χ3n) is 10.8. The molecule has 2 aliphatic heterocycles. The molecule has 4 atom stereocenters. The first kappa shape index (κ1) is 41.8. The summed E-state index contributed by atoms with van der Waals surface area (Å²) in [5.41, 5.74) is 2.22. The van der Waals surface area contributed by atoms with Crippen LogP contribution in [-0.4, -0.2) is 93.1 Å². The SMILES string of the molecule is COC(=O)NC(C(=O)N1CCC[C@H]1c1nc(C(F)(F)F)c(-c2ccc(-c3ccc(-c4cnc([C@@H]5CCCN5C(=O)[C@@H](NC(=O)OC)C(C)C)[nH]4)cc3)cc2)[nH]1)C(C)C. The maximum Gasteiger partial charge on any atom is 0.435 e. The number of ether oxygens (including phenoxy) is 2. The molecule has 310 valence electrons. The zero-order chi connectivity index (χ0) is 41.9. The summed E-state index contributed by atoms with van der Waals surface area (Å²) in [6.45, 7) is 8.09. The molecule has 0 spiro atoms. The lowest BCUT2D eigenvalue weighted by Gasteiger charge is -2.30. The number of nitrogens with zero attached hydrogens (tertiary/aromatic N) is 4. The van der Waals surface area contributed by atoms with Crippen molar-refractivity contribution in [3.63, 3.8) is 0 Å². The Morgan fingerprint density at radius 1 is 0.707 bits per heavy atom. The van der Waals surface area contributed by atoms with Gasteiger partial charge in [0.2, 0.25) is 11.8 Å². The van der Waals surface area contributed by atoms with E-state index in [1.807, 2.05) is 38.1 Å². The van der Waals surface area contributed by atoms with Crippen LogP contribution in [0.5, 0.6) is 0 Å². The van der Waals surface area contributed by atoms with Crippen molar-refractivity contribution < 1.29 is 41.8 Å². The topological polar surface area (TPSA) is 175 Å². The van der Waals surface area contributed by atoms with Gasteiger partial charge in [-0.2, -0.15) is 13.2 Å². The summed E-state index contributed by atoms with van der Waals surface area (Å²) < 4.78 is 52.7. The number of amides is 4.